The van der Waals surface area contributed by atoms with Crippen LogP contribution in [-0.4, -0.2) is 9.13 Å². The Morgan fingerprint density at radius 1 is 0.353 bits per heavy atom. The van der Waals surface area contributed by atoms with E-state index in [2.05, 4.69) is 179 Å². The van der Waals surface area contributed by atoms with E-state index in [0.717, 1.165) is 44.4 Å². The summed E-state index contributed by atoms with van der Waals surface area (Å²) in [5, 5.41) is 7.25. The number of para-hydroxylation sites is 4. The first-order valence-corrected chi connectivity index (χ1v) is 17.4. The summed E-state index contributed by atoms with van der Waals surface area (Å²) in [6.45, 7) is 0. The second-order valence-corrected chi connectivity index (χ2v) is 13.3. The van der Waals surface area contributed by atoms with Crippen LogP contribution in [0.3, 0.4) is 0 Å². The number of rotatable bonds is 4. The molecule has 11 aromatic rings. The fourth-order valence-corrected chi connectivity index (χ4v) is 8.25. The van der Waals surface area contributed by atoms with Gasteiger partial charge in [0.05, 0.1) is 22.1 Å². The van der Waals surface area contributed by atoms with Crippen LogP contribution < -0.4 is 0 Å². The Morgan fingerprint density at radius 2 is 1.02 bits per heavy atom. The second kappa shape index (κ2) is 10.8. The third kappa shape index (κ3) is 4.12. The fourth-order valence-electron chi connectivity index (χ4n) is 8.25. The number of hydrogen-bond donors (Lipinski definition) is 0. The van der Waals surface area contributed by atoms with Gasteiger partial charge in [-0.05, 0) is 65.2 Å². The van der Waals surface area contributed by atoms with Gasteiger partial charge in [-0.2, -0.15) is 0 Å². The highest BCUT2D eigenvalue weighted by Crippen LogP contribution is 2.43. The van der Waals surface area contributed by atoms with Crippen LogP contribution in [0.4, 0.5) is 0 Å². The summed E-state index contributed by atoms with van der Waals surface area (Å²) in [5.74, 6) is 0. The number of fused-ring (bicyclic) bond motifs is 10. The molecule has 0 N–H and O–H groups in total. The lowest BCUT2D eigenvalue weighted by atomic mass is 10.0. The first-order valence-electron chi connectivity index (χ1n) is 17.4. The Morgan fingerprint density at radius 3 is 1.86 bits per heavy atom. The Labute approximate surface area is 293 Å². The number of benzene rings is 8. The number of aromatic nitrogens is 2. The largest absolute Gasteiger partial charge is 0.455 e. The van der Waals surface area contributed by atoms with Gasteiger partial charge in [-0.1, -0.05) is 133 Å². The predicted octanol–water partition coefficient (Wildman–Crippen LogP) is 13.1. The molecule has 0 unspecified atom stereocenters. The van der Waals surface area contributed by atoms with E-state index in [9.17, 15) is 0 Å². The van der Waals surface area contributed by atoms with Crippen molar-refractivity contribution >= 4 is 65.6 Å². The Balaban J connectivity index is 1.19. The Kier molecular flexibility index (Phi) is 5.96. The fraction of sp³-hybridized carbons (Fsp3) is 0. The molecule has 3 heterocycles. The minimum absolute atomic E-state index is 0.913. The van der Waals surface area contributed by atoms with Crippen LogP contribution in [0.1, 0.15) is 0 Å². The van der Waals surface area contributed by atoms with Crippen molar-refractivity contribution in [3.63, 3.8) is 0 Å². The maximum Gasteiger partial charge on any atom is 0.143 e. The topological polar surface area (TPSA) is 23.0 Å². The molecule has 0 aliphatic carbocycles. The average molecular weight is 651 g/mol. The van der Waals surface area contributed by atoms with E-state index < -0.39 is 0 Å². The average Bonchev–Trinajstić information content (AvgIpc) is 3.86. The van der Waals surface area contributed by atoms with Crippen molar-refractivity contribution in [2.24, 2.45) is 0 Å². The SMILES string of the molecule is c1ccc(-c2ccc3c4c(ccc5c6ccccc6n(-c6ccc(-c7cccc8c7oc7ccccc78)cc6)c54)n(-c4ccccc4)c3c2)cc1. The van der Waals surface area contributed by atoms with E-state index in [-0.39, 0.29) is 0 Å². The zero-order chi connectivity index (χ0) is 33.5. The zero-order valence-corrected chi connectivity index (χ0v) is 27.6. The summed E-state index contributed by atoms with van der Waals surface area (Å²) in [7, 11) is 0. The molecule has 8 aromatic carbocycles. The van der Waals surface area contributed by atoms with E-state index in [1.165, 1.54) is 54.7 Å². The molecule has 11 rings (SSSR count). The van der Waals surface area contributed by atoms with Crippen molar-refractivity contribution in [3.05, 3.63) is 182 Å². The molecular weight excluding hydrogens is 621 g/mol. The van der Waals surface area contributed by atoms with Crippen LogP contribution in [0.25, 0.3) is 99.2 Å². The molecule has 0 saturated heterocycles. The van der Waals surface area contributed by atoms with Gasteiger partial charge in [0.25, 0.3) is 0 Å². The van der Waals surface area contributed by atoms with Gasteiger partial charge in [-0.3, -0.25) is 0 Å². The van der Waals surface area contributed by atoms with Crippen molar-refractivity contribution in [2.75, 3.05) is 0 Å². The van der Waals surface area contributed by atoms with E-state index in [4.69, 9.17) is 4.42 Å². The van der Waals surface area contributed by atoms with Gasteiger partial charge in [0.15, 0.2) is 0 Å². The van der Waals surface area contributed by atoms with Gasteiger partial charge in [0, 0.05) is 49.3 Å². The van der Waals surface area contributed by atoms with Gasteiger partial charge in [0.1, 0.15) is 11.2 Å². The van der Waals surface area contributed by atoms with E-state index in [1.807, 2.05) is 12.1 Å². The minimum Gasteiger partial charge on any atom is -0.455 e. The molecule has 0 atom stereocenters. The Hall–Kier alpha value is -6.84. The normalized spacial score (nSPS) is 11.9. The predicted molar refractivity (Wildman–Crippen MR) is 213 cm³/mol. The maximum atomic E-state index is 6.41. The van der Waals surface area contributed by atoms with Crippen LogP contribution >= 0.6 is 0 Å². The van der Waals surface area contributed by atoms with Gasteiger partial charge in [-0.25, -0.2) is 0 Å². The molecule has 0 bridgehead atoms. The molecule has 238 valence electrons. The lowest BCUT2D eigenvalue weighted by molar-refractivity contribution is 0.670. The molecule has 0 spiro atoms. The van der Waals surface area contributed by atoms with E-state index >= 15 is 0 Å². The first-order chi connectivity index (χ1) is 25.3. The maximum absolute atomic E-state index is 6.41. The molecule has 51 heavy (non-hydrogen) atoms. The Bertz CT molecular complexity index is 3110. The quantitative estimate of drug-likeness (QED) is 0.186. The van der Waals surface area contributed by atoms with E-state index in [1.54, 1.807) is 0 Å². The summed E-state index contributed by atoms with van der Waals surface area (Å²) < 4.78 is 11.3. The standard InChI is InChI=1S/C48H30N2O/c1-3-12-31(13-4-1)33-24-27-41-44(30-33)49(34-14-5-2-6-15-34)43-29-28-39-37-16-7-9-20-42(37)50(47(39)46(41)43)35-25-22-32(23-26-35)36-18-11-19-40-38-17-8-10-21-45(38)51-48(36)40/h1-30H. The highest BCUT2D eigenvalue weighted by Gasteiger charge is 2.21. The van der Waals surface area contributed by atoms with Crippen LogP contribution in [0, 0.1) is 0 Å². The monoisotopic (exact) mass is 650 g/mol. The molecule has 3 nitrogen and oxygen atoms in total. The number of furan rings is 1. The lowest BCUT2D eigenvalue weighted by Crippen LogP contribution is -1.95. The van der Waals surface area contributed by atoms with Crippen molar-refractivity contribution in [1.82, 2.24) is 9.13 Å². The van der Waals surface area contributed by atoms with Gasteiger partial charge >= 0.3 is 0 Å². The first kappa shape index (κ1) is 28.0. The van der Waals surface area contributed by atoms with Crippen molar-refractivity contribution in [2.45, 2.75) is 0 Å². The van der Waals surface area contributed by atoms with Crippen LogP contribution in [0.2, 0.25) is 0 Å². The molecule has 0 aliphatic rings. The van der Waals surface area contributed by atoms with Crippen LogP contribution in [-0.2, 0) is 0 Å². The van der Waals surface area contributed by atoms with Gasteiger partial charge < -0.3 is 13.6 Å². The molecule has 3 aromatic heterocycles. The van der Waals surface area contributed by atoms with Crippen LogP contribution in [0.15, 0.2) is 186 Å². The second-order valence-electron chi connectivity index (χ2n) is 13.3. The minimum atomic E-state index is 0.913. The molecule has 0 amide bonds. The lowest BCUT2D eigenvalue weighted by Gasteiger charge is -2.11. The van der Waals surface area contributed by atoms with Crippen molar-refractivity contribution < 1.29 is 4.42 Å². The summed E-state index contributed by atoms with van der Waals surface area (Å²) in [6, 6.07) is 65.4. The zero-order valence-electron chi connectivity index (χ0n) is 27.6. The third-order valence-electron chi connectivity index (χ3n) is 10.5. The number of hydrogen-bond acceptors (Lipinski definition) is 1. The molecule has 0 aliphatic heterocycles. The molecule has 0 saturated carbocycles. The summed E-state index contributed by atoms with van der Waals surface area (Å²) in [4.78, 5) is 0. The van der Waals surface area contributed by atoms with Gasteiger partial charge in [-0.15, -0.1) is 0 Å². The molecular formula is C48H30N2O. The van der Waals surface area contributed by atoms with Crippen LogP contribution in [0.5, 0.6) is 0 Å². The molecule has 0 fully saturated rings. The summed E-state index contributed by atoms with van der Waals surface area (Å²) in [6.07, 6.45) is 0. The third-order valence-corrected chi connectivity index (χ3v) is 10.5. The summed E-state index contributed by atoms with van der Waals surface area (Å²) in [5.41, 5.74) is 13.5. The number of nitrogens with zero attached hydrogens (tertiary/aromatic N) is 2. The van der Waals surface area contributed by atoms with E-state index in [0.29, 0.717) is 0 Å². The molecule has 3 heteroatoms. The summed E-state index contributed by atoms with van der Waals surface area (Å²) >= 11 is 0. The highest BCUT2D eigenvalue weighted by molar-refractivity contribution is 6.26. The van der Waals surface area contributed by atoms with Crippen molar-refractivity contribution in [3.8, 4) is 33.6 Å². The van der Waals surface area contributed by atoms with Gasteiger partial charge in [0.2, 0.25) is 0 Å². The van der Waals surface area contributed by atoms with Crippen molar-refractivity contribution in [1.29, 1.82) is 0 Å². The highest BCUT2D eigenvalue weighted by atomic mass is 16.3. The smallest absolute Gasteiger partial charge is 0.143 e. The molecule has 0 radical (unpaired) electrons.